The van der Waals surface area contributed by atoms with Crippen molar-refractivity contribution in [3.05, 3.63) is 297 Å². The Morgan fingerprint density at radius 3 is 1.05 bits per heavy atom. The lowest BCUT2D eigenvalue weighted by Gasteiger charge is -2.32. The Labute approximate surface area is 505 Å². The molecule has 0 amide bonds. The van der Waals surface area contributed by atoms with Crippen LogP contribution in [0.5, 0.6) is 0 Å². The predicted molar refractivity (Wildman–Crippen MR) is 364 cm³/mol. The topological polar surface area (TPSA) is 29.3 Å². The van der Waals surface area contributed by atoms with E-state index in [1.54, 1.807) is 0 Å². The van der Waals surface area contributed by atoms with Crippen LogP contribution in [0.3, 0.4) is 0 Å². The van der Waals surface area contributed by atoms with E-state index in [1.807, 2.05) is 0 Å². The molecule has 3 aliphatic carbocycles. The molecule has 12 aromatic rings. The van der Waals surface area contributed by atoms with Crippen molar-refractivity contribution in [2.45, 2.75) is 85.5 Å². The smallest absolute Gasteiger partial charge is 0.0520 e. The Hall–Kier alpha value is -8.76. The number of nitrogen functional groups attached to an aromatic ring is 1. The van der Waals surface area contributed by atoms with Gasteiger partial charge in [-0.05, 0) is 233 Å². The van der Waals surface area contributed by atoms with Crippen molar-refractivity contribution in [1.29, 1.82) is 0 Å². The standard InChI is InChI=1S/C48H41N.C18H17N.C15H13Br/c1-30-25-35(34-20-19-32-13-7-8-14-33(32)27-34)26-31(2)46(30)49(36-21-23-40-38-15-9-11-17-42(38)47(3,4)44(40)28-36)37-22-24-41-39-16-10-12-18-43(39)48(5,6)45(41)29-37;1-12-9-17(10-13(2)18(12)19)16-8-7-14-5-3-4-6-15(14)11-16;1-15(2)13-6-4-3-5-11(13)12-8-7-10(16)9-14(12)15/h7-29H,1-6H3;3-11H,19H2,1-2H3;3-9H,1-2H3. The molecular formula is C81H71BrN2. The highest BCUT2D eigenvalue weighted by Crippen LogP contribution is 2.54. The van der Waals surface area contributed by atoms with Crippen molar-refractivity contribution >= 4 is 60.2 Å². The second-order valence-electron chi connectivity index (χ2n) is 25.1. The van der Waals surface area contributed by atoms with Gasteiger partial charge in [0.15, 0.2) is 0 Å². The Bertz CT molecular complexity index is 4460. The molecule has 0 radical (unpaired) electrons. The molecule has 0 unspecified atom stereocenters. The molecule has 0 atom stereocenters. The summed E-state index contributed by atoms with van der Waals surface area (Å²) < 4.78 is 1.16. The van der Waals surface area contributed by atoms with Crippen LogP contribution in [0.2, 0.25) is 0 Å². The van der Waals surface area contributed by atoms with Gasteiger partial charge in [0.2, 0.25) is 0 Å². The molecule has 0 bridgehead atoms. The molecular weight excluding hydrogens is 1080 g/mol. The van der Waals surface area contributed by atoms with Crippen molar-refractivity contribution in [2.24, 2.45) is 0 Å². The number of halogens is 1. The maximum atomic E-state index is 6.02. The Morgan fingerprint density at radius 2 is 0.631 bits per heavy atom. The molecule has 15 rings (SSSR count). The lowest BCUT2D eigenvalue weighted by molar-refractivity contribution is 0.660. The lowest BCUT2D eigenvalue weighted by Crippen LogP contribution is -2.18. The number of fused-ring (bicyclic) bond motifs is 11. The minimum atomic E-state index is -0.0841. The second-order valence-corrected chi connectivity index (χ2v) is 26.0. The number of aryl methyl sites for hydroxylation is 4. The van der Waals surface area contributed by atoms with Crippen LogP contribution in [0.25, 0.3) is 77.2 Å². The Kier molecular flexibility index (Phi) is 13.5. The molecule has 0 aromatic heterocycles. The molecule has 0 spiro atoms. The summed E-state index contributed by atoms with van der Waals surface area (Å²) in [6.45, 7) is 22.8. The number of hydrogen-bond acceptors (Lipinski definition) is 2. The Balaban J connectivity index is 0.000000152. The van der Waals surface area contributed by atoms with Gasteiger partial charge in [-0.3, -0.25) is 0 Å². The van der Waals surface area contributed by atoms with Crippen LogP contribution >= 0.6 is 15.9 Å². The maximum Gasteiger partial charge on any atom is 0.0520 e. The van der Waals surface area contributed by atoms with Crippen molar-refractivity contribution < 1.29 is 0 Å². The highest BCUT2D eigenvalue weighted by Gasteiger charge is 2.39. The molecule has 12 aromatic carbocycles. The van der Waals surface area contributed by atoms with Gasteiger partial charge < -0.3 is 10.6 Å². The molecule has 0 saturated heterocycles. The molecule has 2 nitrogen and oxygen atoms in total. The summed E-state index contributed by atoms with van der Waals surface area (Å²) in [5.41, 5.74) is 36.8. The average molecular weight is 1150 g/mol. The van der Waals surface area contributed by atoms with Gasteiger partial charge in [0.25, 0.3) is 0 Å². The van der Waals surface area contributed by atoms with E-state index in [2.05, 4.69) is 327 Å². The van der Waals surface area contributed by atoms with Crippen molar-refractivity contribution in [3.8, 4) is 55.6 Å². The van der Waals surface area contributed by atoms with E-state index in [0.717, 1.165) is 21.3 Å². The molecule has 3 aliphatic rings. The summed E-state index contributed by atoms with van der Waals surface area (Å²) in [6, 6.07) is 86.9. The largest absolute Gasteiger partial charge is 0.398 e. The first-order valence-electron chi connectivity index (χ1n) is 29.5. The zero-order chi connectivity index (χ0) is 58.4. The number of nitrogens with two attached hydrogens (primary N) is 1. The van der Waals surface area contributed by atoms with E-state index in [9.17, 15) is 0 Å². The first-order chi connectivity index (χ1) is 40.4. The molecule has 3 heteroatoms. The predicted octanol–water partition coefficient (Wildman–Crippen LogP) is 22.7. The van der Waals surface area contributed by atoms with E-state index in [1.165, 1.54) is 139 Å². The number of nitrogens with zero attached hydrogens (tertiary/aromatic N) is 1. The normalized spacial score (nSPS) is 14.0. The number of rotatable bonds is 5. The van der Waals surface area contributed by atoms with Gasteiger partial charge in [0.05, 0.1) is 5.69 Å². The monoisotopic (exact) mass is 1150 g/mol. The lowest BCUT2D eigenvalue weighted by atomic mass is 9.82. The van der Waals surface area contributed by atoms with Crippen LogP contribution in [0.15, 0.2) is 241 Å². The molecule has 0 aliphatic heterocycles. The zero-order valence-electron chi connectivity index (χ0n) is 49.9. The van der Waals surface area contributed by atoms with Gasteiger partial charge in [0, 0.05) is 37.8 Å². The van der Waals surface area contributed by atoms with Gasteiger partial charge in [-0.15, -0.1) is 0 Å². The molecule has 412 valence electrons. The van der Waals surface area contributed by atoms with Crippen LogP contribution in [0, 0.1) is 27.7 Å². The fourth-order valence-electron chi connectivity index (χ4n) is 14.1. The minimum Gasteiger partial charge on any atom is -0.398 e. The minimum absolute atomic E-state index is 0.0841. The summed E-state index contributed by atoms with van der Waals surface area (Å²) in [6.07, 6.45) is 0. The maximum absolute atomic E-state index is 6.02. The van der Waals surface area contributed by atoms with E-state index in [0.29, 0.717) is 0 Å². The van der Waals surface area contributed by atoms with E-state index in [-0.39, 0.29) is 16.2 Å². The van der Waals surface area contributed by atoms with Gasteiger partial charge in [-0.1, -0.05) is 221 Å². The molecule has 2 N–H and O–H groups in total. The number of anilines is 4. The summed E-state index contributed by atoms with van der Waals surface area (Å²) in [5.74, 6) is 0. The van der Waals surface area contributed by atoms with Gasteiger partial charge in [-0.2, -0.15) is 0 Å². The highest BCUT2D eigenvalue weighted by atomic mass is 79.9. The third-order valence-corrected chi connectivity index (χ3v) is 19.2. The van der Waals surface area contributed by atoms with Gasteiger partial charge in [-0.25, -0.2) is 0 Å². The van der Waals surface area contributed by atoms with E-state index >= 15 is 0 Å². The van der Waals surface area contributed by atoms with Crippen LogP contribution < -0.4 is 10.6 Å². The summed E-state index contributed by atoms with van der Waals surface area (Å²) in [7, 11) is 0. The molecule has 0 heterocycles. The third kappa shape index (κ3) is 9.25. The fourth-order valence-corrected chi connectivity index (χ4v) is 14.5. The fraction of sp³-hybridized carbons (Fsp3) is 0.160. The van der Waals surface area contributed by atoms with Gasteiger partial charge in [0.1, 0.15) is 0 Å². The van der Waals surface area contributed by atoms with E-state index < -0.39 is 0 Å². The highest BCUT2D eigenvalue weighted by molar-refractivity contribution is 9.10. The SMILES string of the molecule is CC1(C)c2ccccc2-c2ccc(Br)cc21.Cc1cc(-c2ccc3ccccc3c2)cc(C)c1N.Cc1cc(-c2ccc3ccccc3c2)cc(C)c1N(c1ccc2c(c1)C(C)(C)c1ccccc1-2)c1ccc2c(c1)C(C)(C)c1ccccc1-2. The Morgan fingerprint density at radius 1 is 0.298 bits per heavy atom. The summed E-state index contributed by atoms with van der Waals surface area (Å²) >= 11 is 3.56. The first-order valence-corrected chi connectivity index (χ1v) is 30.3. The molecule has 84 heavy (non-hydrogen) atoms. The number of hydrogen-bond donors (Lipinski definition) is 1. The first kappa shape index (κ1) is 54.5. The molecule has 0 saturated carbocycles. The second kappa shape index (κ2) is 20.8. The van der Waals surface area contributed by atoms with Crippen LogP contribution in [0.1, 0.15) is 97.2 Å². The quantitative estimate of drug-likeness (QED) is 0.174. The third-order valence-electron chi connectivity index (χ3n) is 18.7. The van der Waals surface area contributed by atoms with Crippen LogP contribution in [0.4, 0.5) is 22.7 Å². The molecule has 0 fully saturated rings. The van der Waals surface area contributed by atoms with Crippen LogP contribution in [-0.2, 0) is 16.2 Å². The summed E-state index contributed by atoms with van der Waals surface area (Å²) in [4.78, 5) is 2.52. The van der Waals surface area contributed by atoms with E-state index in [4.69, 9.17) is 5.73 Å². The van der Waals surface area contributed by atoms with Crippen molar-refractivity contribution in [2.75, 3.05) is 10.6 Å². The average Bonchev–Trinajstić information content (AvgIpc) is 2.91. The van der Waals surface area contributed by atoms with Crippen LogP contribution in [-0.4, -0.2) is 0 Å². The van der Waals surface area contributed by atoms with Crippen molar-refractivity contribution in [1.82, 2.24) is 0 Å². The zero-order valence-corrected chi connectivity index (χ0v) is 51.5. The van der Waals surface area contributed by atoms with Crippen molar-refractivity contribution in [3.63, 3.8) is 0 Å². The summed E-state index contributed by atoms with van der Waals surface area (Å²) in [5, 5.41) is 5.08. The number of benzene rings is 12. The van der Waals surface area contributed by atoms with Gasteiger partial charge >= 0.3 is 0 Å².